The smallest absolute Gasteiger partial charge is 0.455 e. The fourth-order valence-corrected chi connectivity index (χ4v) is 8.03. The number of benzene rings is 2. The molecule has 0 aliphatic heterocycles. The van der Waals surface area contributed by atoms with E-state index in [9.17, 15) is 82.1 Å². The number of halogens is 12. The number of pyridine rings is 4. The molecule has 81 heavy (non-hydrogen) atoms. The van der Waals surface area contributed by atoms with E-state index >= 15 is 0 Å². The first-order valence-corrected chi connectivity index (χ1v) is 23.6. The fourth-order valence-electron chi connectivity index (χ4n) is 8.03. The Balaban J connectivity index is 0.000000234. The second-order valence-electron chi connectivity index (χ2n) is 17.4. The molecule has 1 atom stereocenters. The van der Waals surface area contributed by atoms with Crippen LogP contribution in [0.25, 0.3) is 22.1 Å². The number of hydrogen-bond acceptors (Lipinski definition) is 14. The van der Waals surface area contributed by atoms with Crippen molar-refractivity contribution >= 4 is 22.1 Å². The zero-order valence-corrected chi connectivity index (χ0v) is 42.0. The average molecular weight is 1150 g/mol. The first-order valence-electron chi connectivity index (χ1n) is 23.6. The van der Waals surface area contributed by atoms with E-state index in [0.29, 0.717) is 18.9 Å². The van der Waals surface area contributed by atoms with Crippen LogP contribution in [0.3, 0.4) is 0 Å². The molecule has 0 saturated carbocycles. The van der Waals surface area contributed by atoms with Gasteiger partial charge < -0.3 is 29.2 Å². The predicted octanol–water partition coefficient (Wildman–Crippen LogP) is 9.25. The van der Waals surface area contributed by atoms with Gasteiger partial charge in [0, 0.05) is 81.4 Å². The van der Waals surface area contributed by atoms with E-state index in [4.69, 9.17) is 9.47 Å². The maximum absolute atomic E-state index is 13.6. The number of fused-ring (bicyclic) bond motifs is 2. The third-order valence-electron chi connectivity index (χ3n) is 11.7. The summed E-state index contributed by atoms with van der Waals surface area (Å²) in [7, 11) is 2.70. The quantitative estimate of drug-likeness (QED) is 0.0863. The van der Waals surface area contributed by atoms with Crippen LogP contribution in [0.1, 0.15) is 65.9 Å². The summed E-state index contributed by atoms with van der Waals surface area (Å²) in [5.41, 5.74) is -5.78. The van der Waals surface area contributed by atoms with Crippen molar-refractivity contribution in [2.24, 2.45) is 14.1 Å². The summed E-state index contributed by atoms with van der Waals surface area (Å²) in [6, 6.07) is 12.4. The maximum atomic E-state index is 13.6. The summed E-state index contributed by atoms with van der Waals surface area (Å²) in [5.74, 6) is -1.96. The highest BCUT2D eigenvalue weighted by molar-refractivity contribution is 5.82. The normalized spacial score (nSPS) is 12.5. The van der Waals surface area contributed by atoms with Gasteiger partial charge in [0.15, 0.2) is 5.75 Å². The van der Waals surface area contributed by atoms with Gasteiger partial charge in [-0.2, -0.15) is 26.3 Å². The summed E-state index contributed by atoms with van der Waals surface area (Å²) >= 11 is 0. The number of aliphatic hydroxyl groups is 2. The van der Waals surface area contributed by atoms with Crippen LogP contribution in [0.2, 0.25) is 0 Å². The second kappa shape index (κ2) is 23.9. The standard InChI is InChI=1S/C26H22F6N4O5.C25H20F6N4O5/c1-3-4-10-36-23(38)20-19(21(37)14-8-9-18(33-12-14)25(27,28)29)17(13-34-22(20)35(2)24(36)39)40-15-6-5-7-16(11-15)41-26(30,31)32;1-34-21-20(22(37)35(23(34)38)8-3-9-36)17(10-14-6-7-19(32-12-14)24(26,27)28)18(13-33-21)39-15-4-2-5-16(11-15)40-25(29,30)31/h5-9,11-13,21,37H,3-4,10H2,1-2H3;2,4-7,11-13,36H,3,8-10H2,1H3. The van der Waals surface area contributed by atoms with Gasteiger partial charge in [0.1, 0.15) is 57.5 Å². The number of aliphatic hydroxyl groups excluding tert-OH is 2. The molecule has 0 saturated heterocycles. The van der Waals surface area contributed by atoms with E-state index in [1.54, 1.807) is 0 Å². The Morgan fingerprint density at radius 3 is 1.51 bits per heavy atom. The average Bonchev–Trinajstić information content (AvgIpc) is 2.58. The maximum Gasteiger partial charge on any atom is 0.573 e. The fraction of sp³-hybridized carbons (Fsp3) is 0.294. The van der Waals surface area contributed by atoms with Gasteiger partial charge in [0.05, 0.1) is 23.2 Å². The van der Waals surface area contributed by atoms with Crippen molar-refractivity contribution in [2.45, 2.75) is 76.9 Å². The van der Waals surface area contributed by atoms with Gasteiger partial charge in [0.2, 0.25) is 0 Å². The summed E-state index contributed by atoms with van der Waals surface area (Å²) in [4.78, 5) is 67.8. The number of unbranched alkanes of at least 4 members (excludes halogenated alkanes) is 1. The van der Waals surface area contributed by atoms with Gasteiger partial charge in [-0.1, -0.05) is 37.6 Å². The first kappa shape index (κ1) is 59.9. The molecule has 2 aromatic carbocycles. The Kier molecular flexibility index (Phi) is 17.7. The van der Waals surface area contributed by atoms with Crippen LogP contribution in [-0.4, -0.2) is 67.7 Å². The summed E-state index contributed by atoms with van der Waals surface area (Å²) < 4.78 is 178. The molecular formula is C51H42F12N8O10. The van der Waals surface area contributed by atoms with E-state index in [0.717, 1.165) is 85.5 Å². The van der Waals surface area contributed by atoms with E-state index in [1.807, 2.05) is 6.92 Å². The molecule has 0 spiro atoms. The van der Waals surface area contributed by atoms with Crippen LogP contribution in [0.15, 0.2) is 117 Å². The van der Waals surface area contributed by atoms with Crippen molar-refractivity contribution in [3.05, 3.63) is 173 Å². The van der Waals surface area contributed by atoms with Gasteiger partial charge in [0.25, 0.3) is 11.1 Å². The molecule has 6 aromatic heterocycles. The van der Waals surface area contributed by atoms with Crippen LogP contribution in [0, 0.1) is 0 Å². The molecular weight excluding hydrogens is 1110 g/mol. The molecule has 0 fully saturated rings. The Morgan fingerprint density at radius 2 is 1.04 bits per heavy atom. The lowest BCUT2D eigenvalue weighted by Gasteiger charge is -2.20. The van der Waals surface area contributed by atoms with Crippen molar-refractivity contribution in [1.29, 1.82) is 0 Å². The highest BCUT2D eigenvalue weighted by Gasteiger charge is 2.35. The van der Waals surface area contributed by atoms with Crippen molar-refractivity contribution < 1.29 is 81.8 Å². The van der Waals surface area contributed by atoms with Gasteiger partial charge in [-0.15, -0.1) is 26.3 Å². The Bertz CT molecular complexity index is 3820. The molecule has 2 N–H and O–H groups in total. The van der Waals surface area contributed by atoms with E-state index < -0.39 is 76.6 Å². The van der Waals surface area contributed by atoms with Crippen LogP contribution < -0.4 is 41.4 Å². The van der Waals surface area contributed by atoms with E-state index in [2.05, 4.69) is 29.4 Å². The second-order valence-corrected chi connectivity index (χ2v) is 17.4. The number of nitrogens with zero attached hydrogens (tertiary/aromatic N) is 8. The highest BCUT2D eigenvalue weighted by atomic mass is 19.4. The third kappa shape index (κ3) is 14.2. The number of aryl methyl sites for hydroxylation is 2. The van der Waals surface area contributed by atoms with Gasteiger partial charge in [-0.3, -0.25) is 37.8 Å². The van der Waals surface area contributed by atoms with Gasteiger partial charge in [-0.25, -0.2) is 19.6 Å². The van der Waals surface area contributed by atoms with Crippen molar-refractivity contribution in [3.63, 3.8) is 0 Å². The molecule has 0 bridgehead atoms. The topological polar surface area (TPSA) is 217 Å². The van der Waals surface area contributed by atoms with E-state index in [-0.39, 0.29) is 99.9 Å². The van der Waals surface area contributed by atoms with Crippen molar-refractivity contribution in [1.82, 2.24) is 38.2 Å². The number of alkyl halides is 12. The minimum Gasteiger partial charge on any atom is -0.455 e. The lowest BCUT2D eigenvalue weighted by Crippen LogP contribution is -2.40. The van der Waals surface area contributed by atoms with Crippen LogP contribution in [0.4, 0.5) is 52.7 Å². The lowest BCUT2D eigenvalue weighted by atomic mass is 9.99. The molecule has 18 nitrogen and oxygen atoms in total. The monoisotopic (exact) mass is 1150 g/mol. The molecule has 0 aliphatic carbocycles. The summed E-state index contributed by atoms with van der Waals surface area (Å²) in [5, 5.41) is 20.2. The largest absolute Gasteiger partial charge is 0.573 e. The van der Waals surface area contributed by atoms with Crippen molar-refractivity contribution in [3.8, 4) is 34.5 Å². The number of ether oxygens (including phenoxy) is 4. The number of hydrogen-bond donors (Lipinski definition) is 2. The summed E-state index contributed by atoms with van der Waals surface area (Å²) in [6.45, 7) is 1.42. The number of rotatable bonds is 16. The molecule has 8 rings (SSSR count). The minimum atomic E-state index is -4.99. The van der Waals surface area contributed by atoms with Crippen LogP contribution >= 0.6 is 0 Å². The molecule has 30 heteroatoms. The number of aromatic nitrogens is 8. The first-order chi connectivity index (χ1) is 38.0. The Morgan fingerprint density at radius 1 is 0.568 bits per heavy atom. The van der Waals surface area contributed by atoms with Gasteiger partial charge in [-0.05, 0) is 54.8 Å². The van der Waals surface area contributed by atoms with Gasteiger partial charge >= 0.3 is 36.5 Å². The molecule has 430 valence electrons. The molecule has 8 aromatic rings. The van der Waals surface area contributed by atoms with E-state index in [1.165, 1.54) is 38.4 Å². The zero-order valence-electron chi connectivity index (χ0n) is 42.0. The minimum absolute atomic E-state index is 0.0250. The highest BCUT2D eigenvalue weighted by Crippen LogP contribution is 2.39. The van der Waals surface area contributed by atoms with Crippen molar-refractivity contribution in [2.75, 3.05) is 6.61 Å². The molecule has 0 aliphatic rings. The zero-order chi connectivity index (χ0) is 59.4. The Hall–Kier alpha value is -8.80. The third-order valence-corrected chi connectivity index (χ3v) is 11.7. The molecule has 6 heterocycles. The molecule has 0 amide bonds. The molecule has 1 unspecified atom stereocenters. The van der Waals surface area contributed by atoms with Crippen LogP contribution in [0.5, 0.6) is 34.5 Å². The lowest BCUT2D eigenvalue weighted by molar-refractivity contribution is -0.275. The SMILES string of the molecule is CCCCn1c(=O)c2c(C(O)c3ccc(C(F)(F)F)nc3)c(Oc3cccc(OC(F)(F)F)c3)cnc2n(C)c1=O.Cn1c(=O)n(CCCO)c(=O)c2c(Cc3ccc(C(F)(F)F)nc3)c(Oc3cccc(OC(F)(F)F)c3)cnc21. The summed E-state index contributed by atoms with van der Waals surface area (Å²) in [6.07, 6.45) is -16.4. The molecule has 0 radical (unpaired) electrons. The van der Waals surface area contributed by atoms with Crippen LogP contribution in [-0.2, 0) is 46.0 Å². The Labute approximate surface area is 446 Å². The predicted molar refractivity (Wildman–Crippen MR) is 261 cm³/mol.